The first-order valence-corrected chi connectivity index (χ1v) is 8.46. The molecule has 2 rings (SSSR count). The standard InChI is InChI=1S/C17H25BrN2O2/c1-10-6-12(7-11(2)15(10)18)19-13-8-14(9-13)20-16(21)22-17(3,4)5/h6-7,13-14,19H,8-9H2,1-5H3,(H,20,21). The van der Waals surface area contributed by atoms with Crippen LogP contribution in [0, 0.1) is 13.8 Å². The van der Waals surface area contributed by atoms with E-state index in [1.165, 1.54) is 11.1 Å². The van der Waals surface area contributed by atoms with Gasteiger partial charge in [-0.2, -0.15) is 0 Å². The van der Waals surface area contributed by atoms with Crippen LogP contribution in [0.4, 0.5) is 10.5 Å². The highest BCUT2D eigenvalue weighted by molar-refractivity contribution is 9.10. The van der Waals surface area contributed by atoms with Crippen molar-refractivity contribution >= 4 is 27.7 Å². The van der Waals surface area contributed by atoms with Crippen LogP contribution in [0.5, 0.6) is 0 Å². The number of aryl methyl sites for hydroxylation is 2. The summed E-state index contributed by atoms with van der Waals surface area (Å²) in [5, 5.41) is 6.44. The number of ether oxygens (including phenoxy) is 1. The molecule has 122 valence electrons. The highest BCUT2D eigenvalue weighted by Crippen LogP contribution is 2.29. The van der Waals surface area contributed by atoms with Crippen molar-refractivity contribution in [1.82, 2.24) is 5.32 Å². The Labute approximate surface area is 141 Å². The molecule has 0 spiro atoms. The maximum absolute atomic E-state index is 11.7. The van der Waals surface area contributed by atoms with Crippen LogP contribution in [-0.2, 0) is 4.74 Å². The summed E-state index contributed by atoms with van der Waals surface area (Å²) in [6, 6.07) is 4.89. The van der Waals surface area contributed by atoms with Crippen LogP contribution in [0.1, 0.15) is 44.7 Å². The first-order valence-electron chi connectivity index (χ1n) is 7.67. The minimum absolute atomic E-state index is 0.199. The molecule has 0 bridgehead atoms. The van der Waals surface area contributed by atoms with Crippen molar-refractivity contribution in [3.8, 4) is 0 Å². The van der Waals surface area contributed by atoms with Crippen molar-refractivity contribution < 1.29 is 9.53 Å². The zero-order valence-electron chi connectivity index (χ0n) is 13.9. The van der Waals surface area contributed by atoms with E-state index >= 15 is 0 Å². The maximum atomic E-state index is 11.7. The summed E-state index contributed by atoms with van der Waals surface area (Å²) < 4.78 is 6.43. The summed E-state index contributed by atoms with van der Waals surface area (Å²) in [4.78, 5) is 11.7. The molecular formula is C17H25BrN2O2. The molecular weight excluding hydrogens is 344 g/mol. The molecule has 1 aromatic carbocycles. The first kappa shape index (κ1) is 17.1. The molecule has 1 saturated carbocycles. The van der Waals surface area contributed by atoms with E-state index in [0.29, 0.717) is 6.04 Å². The van der Waals surface area contributed by atoms with Crippen LogP contribution < -0.4 is 10.6 Å². The van der Waals surface area contributed by atoms with Gasteiger partial charge in [-0.05, 0) is 70.7 Å². The van der Waals surface area contributed by atoms with E-state index in [0.717, 1.165) is 23.0 Å². The van der Waals surface area contributed by atoms with Gasteiger partial charge in [0.05, 0.1) is 0 Å². The molecule has 0 unspecified atom stereocenters. The van der Waals surface area contributed by atoms with Gasteiger partial charge in [-0.1, -0.05) is 15.9 Å². The summed E-state index contributed by atoms with van der Waals surface area (Å²) in [6.07, 6.45) is 1.52. The average molecular weight is 369 g/mol. The Hall–Kier alpha value is -1.23. The van der Waals surface area contributed by atoms with E-state index in [-0.39, 0.29) is 12.1 Å². The van der Waals surface area contributed by atoms with Gasteiger partial charge in [-0.25, -0.2) is 4.79 Å². The number of hydrogen-bond donors (Lipinski definition) is 2. The van der Waals surface area contributed by atoms with Gasteiger partial charge in [0, 0.05) is 22.2 Å². The second-order valence-electron chi connectivity index (χ2n) is 7.08. The minimum Gasteiger partial charge on any atom is -0.444 e. The summed E-state index contributed by atoms with van der Waals surface area (Å²) in [6.45, 7) is 9.80. The molecule has 4 nitrogen and oxygen atoms in total. The van der Waals surface area contributed by atoms with Gasteiger partial charge in [0.15, 0.2) is 0 Å². The van der Waals surface area contributed by atoms with E-state index in [1.807, 2.05) is 20.8 Å². The third kappa shape index (κ3) is 4.63. The van der Waals surface area contributed by atoms with Gasteiger partial charge < -0.3 is 15.4 Å². The number of carbonyl (C=O) groups is 1. The Morgan fingerprint density at radius 2 is 1.73 bits per heavy atom. The van der Waals surface area contributed by atoms with Gasteiger partial charge in [0.2, 0.25) is 0 Å². The van der Waals surface area contributed by atoms with Crippen molar-refractivity contribution in [2.75, 3.05) is 5.32 Å². The third-order valence-electron chi connectivity index (χ3n) is 3.67. The predicted molar refractivity (Wildman–Crippen MR) is 93.4 cm³/mol. The van der Waals surface area contributed by atoms with E-state index in [2.05, 4.69) is 52.5 Å². The quantitative estimate of drug-likeness (QED) is 0.823. The fourth-order valence-electron chi connectivity index (χ4n) is 2.59. The largest absolute Gasteiger partial charge is 0.444 e. The second kappa shape index (κ2) is 6.49. The van der Waals surface area contributed by atoms with Crippen LogP contribution in [0.2, 0.25) is 0 Å². The van der Waals surface area contributed by atoms with Crippen LogP contribution in [0.3, 0.4) is 0 Å². The smallest absolute Gasteiger partial charge is 0.407 e. The molecule has 1 aliphatic carbocycles. The maximum Gasteiger partial charge on any atom is 0.407 e. The van der Waals surface area contributed by atoms with Crippen LogP contribution in [0.15, 0.2) is 16.6 Å². The van der Waals surface area contributed by atoms with E-state index in [9.17, 15) is 4.79 Å². The Bertz CT molecular complexity index is 537. The Morgan fingerprint density at radius 1 is 1.18 bits per heavy atom. The fraction of sp³-hybridized carbons (Fsp3) is 0.588. The Morgan fingerprint density at radius 3 is 2.23 bits per heavy atom. The summed E-state index contributed by atoms with van der Waals surface area (Å²) in [5.41, 5.74) is 3.15. The normalized spacial score (nSPS) is 21.0. The average Bonchev–Trinajstić information content (AvgIpc) is 2.30. The number of carbonyl (C=O) groups excluding carboxylic acids is 1. The molecule has 0 saturated heterocycles. The van der Waals surface area contributed by atoms with Crippen LogP contribution >= 0.6 is 15.9 Å². The van der Waals surface area contributed by atoms with Crippen LogP contribution in [-0.4, -0.2) is 23.8 Å². The first-order chi connectivity index (χ1) is 10.1. The molecule has 0 aromatic heterocycles. The molecule has 0 atom stereocenters. The third-order valence-corrected chi connectivity index (χ3v) is 4.92. The number of nitrogens with one attached hydrogen (secondary N) is 2. The number of halogens is 1. The number of alkyl carbamates (subject to hydrolysis) is 1. The van der Waals surface area contributed by atoms with E-state index in [4.69, 9.17) is 4.74 Å². The summed E-state index contributed by atoms with van der Waals surface area (Å²) >= 11 is 3.58. The molecule has 2 N–H and O–H groups in total. The van der Waals surface area contributed by atoms with Gasteiger partial charge in [0.25, 0.3) is 0 Å². The second-order valence-corrected chi connectivity index (χ2v) is 7.87. The topological polar surface area (TPSA) is 50.4 Å². The van der Waals surface area contributed by atoms with Crippen molar-refractivity contribution in [3.63, 3.8) is 0 Å². The highest BCUT2D eigenvalue weighted by atomic mass is 79.9. The number of rotatable bonds is 3. The molecule has 1 aromatic rings. The minimum atomic E-state index is -0.446. The van der Waals surface area contributed by atoms with Crippen molar-refractivity contribution in [3.05, 3.63) is 27.7 Å². The molecule has 1 fully saturated rings. The van der Waals surface area contributed by atoms with Crippen LogP contribution in [0.25, 0.3) is 0 Å². The van der Waals surface area contributed by atoms with Crippen molar-refractivity contribution in [2.24, 2.45) is 0 Å². The molecule has 22 heavy (non-hydrogen) atoms. The molecule has 5 heteroatoms. The van der Waals surface area contributed by atoms with E-state index < -0.39 is 5.60 Å². The van der Waals surface area contributed by atoms with Crippen molar-refractivity contribution in [2.45, 2.75) is 65.1 Å². The highest BCUT2D eigenvalue weighted by Gasteiger charge is 2.31. The predicted octanol–water partition coefficient (Wildman–Crippen LogP) is 4.53. The molecule has 0 aliphatic heterocycles. The molecule has 1 aliphatic rings. The number of benzene rings is 1. The fourth-order valence-corrected chi connectivity index (χ4v) is 2.82. The zero-order chi connectivity index (χ0) is 16.5. The zero-order valence-corrected chi connectivity index (χ0v) is 15.5. The summed E-state index contributed by atoms with van der Waals surface area (Å²) in [5.74, 6) is 0. The van der Waals surface area contributed by atoms with Gasteiger partial charge in [-0.3, -0.25) is 0 Å². The van der Waals surface area contributed by atoms with Gasteiger partial charge in [0.1, 0.15) is 5.60 Å². The van der Waals surface area contributed by atoms with Crippen molar-refractivity contribution in [1.29, 1.82) is 0 Å². The number of hydrogen-bond acceptors (Lipinski definition) is 3. The van der Waals surface area contributed by atoms with Gasteiger partial charge in [-0.15, -0.1) is 0 Å². The lowest BCUT2D eigenvalue weighted by Crippen LogP contribution is -2.50. The van der Waals surface area contributed by atoms with E-state index in [1.54, 1.807) is 0 Å². The molecule has 0 heterocycles. The lowest BCUT2D eigenvalue weighted by Gasteiger charge is -2.37. The lowest BCUT2D eigenvalue weighted by molar-refractivity contribution is 0.0475. The van der Waals surface area contributed by atoms with Gasteiger partial charge >= 0.3 is 6.09 Å². The monoisotopic (exact) mass is 368 g/mol. The number of anilines is 1. The summed E-state index contributed by atoms with van der Waals surface area (Å²) in [7, 11) is 0. The Kier molecular flexibility index (Phi) is 5.05. The Balaban J connectivity index is 1.79. The SMILES string of the molecule is Cc1cc(NC2CC(NC(=O)OC(C)(C)C)C2)cc(C)c1Br. The molecule has 0 radical (unpaired) electrons. The molecule has 1 amide bonds. The lowest BCUT2D eigenvalue weighted by atomic mass is 9.86. The number of amides is 1.